The average molecular weight is 502 g/mol. The SMILES string of the molecule is O=C(O)C[C@@H]1CCN(C(=O)Nc2ccc(OC(F)(F)F)cc2)C[C@@H]1CCN1CCC(C(=O)O)CC1. The van der Waals surface area contributed by atoms with E-state index in [1.54, 1.807) is 4.90 Å². The van der Waals surface area contributed by atoms with Gasteiger partial charge in [-0.3, -0.25) is 9.59 Å². The Morgan fingerprint density at radius 3 is 2.23 bits per heavy atom. The first-order valence-electron chi connectivity index (χ1n) is 11.6. The van der Waals surface area contributed by atoms with Crippen LogP contribution in [0.2, 0.25) is 0 Å². The molecule has 0 radical (unpaired) electrons. The number of halogens is 3. The molecule has 0 spiro atoms. The van der Waals surface area contributed by atoms with Crippen molar-refractivity contribution in [2.45, 2.75) is 38.5 Å². The van der Waals surface area contributed by atoms with E-state index in [2.05, 4.69) is 15.0 Å². The number of ether oxygens (including phenoxy) is 1. The summed E-state index contributed by atoms with van der Waals surface area (Å²) in [5.74, 6) is -2.49. The second-order valence-corrected chi connectivity index (χ2v) is 9.10. The van der Waals surface area contributed by atoms with Crippen LogP contribution >= 0.6 is 0 Å². The number of hydrogen-bond acceptors (Lipinski definition) is 5. The van der Waals surface area contributed by atoms with Gasteiger partial charge >= 0.3 is 24.3 Å². The van der Waals surface area contributed by atoms with E-state index in [9.17, 15) is 32.7 Å². The van der Waals surface area contributed by atoms with Crippen molar-refractivity contribution < 1.29 is 42.5 Å². The first-order valence-corrected chi connectivity index (χ1v) is 11.6. The van der Waals surface area contributed by atoms with Crippen LogP contribution in [0, 0.1) is 17.8 Å². The van der Waals surface area contributed by atoms with Crippen molar-refractivity contribution in [3.05, 3.63) is 24.3 Å². The number of alkyl halides is 3. The Kier molecular flexibility index (Phi) is 8.82. The van der Waals surface area contributed by atoms with Gasteiger partial charge in [-0.15, -0.1) is 13.2 Å². The molecule has 2 amide bonds. The lowest BCUT2D eigenvalue weighted by atomic mass is 9.81. The molecule has 2 fully saturated rings. The van der Waals surface area contributed by atoms with Crippen molar-refractivity contribution in [2.24, 2.45) is 17.8 Å². The molecule has 0 bridgehead atoms. The fourth-order valence-electron chi connectivity index (χ4n) is 4.78. The van der Waals surface area contributed by atoms with Crippen LogP contribution in [0.25, 0.3) is 0 Å². The van der Waals surface area contributed by atoms with Crippen molar-refractivity contribution >= 4 is 23.7 Å². The predicted octanol–water partition coefficient (Wildman–Crippen LogP) is 3.72. The number of carbonyl (C=O) groups is 3. The lowest BCUT2D eigenvalue weighted by molar-refractivity contribution is -0.274. The number of benzene rings is 1. The zero-order chi connectivity index (χ0) is 25.6. The fraction of sp³-hybridized carbons (Fsp3) is 0.609. The van der Waals surface area contributed by atoms with E-state index in [-0.39, 0.29) is 24.2 Å². The van der Waals surface area contributed by atoms with Crippen LogP contribution in [0.4, 0.5) is 23.7 Å². The number of anilines is 1. The van der Waals surface area contributed by atoms with Gasteiger partial charge in [0, 0.05) is 25.2 Å². The number of likely N-dealkylation sites (tertiary alicyclic amines) is 2. The molecule has 35 heavy (non-hydrogen) atoms. The molecule has 194 valence electrons. The number of carboxylic acids is 2. The van der Waals surface area contributed by atoms with Crippen LogP contribution in [-0.4, -0.2) is 77.1 Å². The quantitative estimate of drug-likeness (QED) is 0.497. The Balaban J connectivity index is 1.55. The van der Waals surface area contributed by atoms with Gasteiger partial charge in [0.1, 0.15) is 5.75 Å². The third kappa shape index (κ3) is 8.30. The van der Waals surface area contributed by atoms with Crippen LogP contribution in [0.5, 0.6) is 5.75 Å². The average Bonchev–Trinajstić information content (AvgIpc) is 2.78. The summed E-state index contributed by atoms with van der Waals surface area (Å²) in [6.45, 7) is 2.78. The first-order chi connectivity index (χ1) is 16.5. The Hall–Kier alpha value is -3.02. The number of urea groups is 1. The second-order valence-electron chi connectivity index (χ2n) is 9.10. The molecule has 2 aliphatic rings. The molecule has 0 saturated carbocycles. The number of rotatable bonds is 8. The molecule has 2 heterocycles. The number of hydrogen-bond donors (Lipinski definition) is 3. The minimum Gasteiger partial charge on any atom is -0.481 e. The summed E-state index contributed by atoms with van der Waals surface area (Å²) >= 11 is 0. The van der Waals surface area contributed by atoms with Crippen LogP contribution in [-0.2, 0) is 9.59 Å². The van der Waals surface area contributed by atoms with Crippen molar-refractivity contribution in [3.63, 3.8) is 0 Å². The third-order valence-electron chi connectivity index (χ3n) is 6.71. The molecule has 0 aromatic heterocycles. The van der Waals surface area contributed by atoms with E-state index < -0.39 is 30.1 Å². The highest BCUT2D eigenvalue weighted by Gasteiger charge is 2.34. The highest BCUT2D eigenvalue weighted by molar-refractivity contribution is 5.89. The summed E-state index contributed by atoms with van der Waals surface area (Å²) in [5.41, 5.74) is 0.315. The zero-order valence-electron chi connectivity index (χ0n) is 19.2. The Morgan fingerprint density at radius 2 is 1.66 bits per heavy atom. The van der Waals surface area contributed by atoms with Crippen molar-refractivity contribution in [3.8, 4) is 5.75 Å². The summed E-state index contributed by atoms with van der Waals surface area (Å²) in [4.78, 5) is 39.1. The predicted molar refractivity (Wildman–Crippen MR) is 119 cm³/mol. The van der Waals surface area contributed by atoms with E-state index in [1.165, 1.54) is 12.1 Å². The minimum absolute atomic E-state index is 0.0158. The first kappa shape index (κ1) is 26.6. The maximum Gasteiger partial charge on any atom is 0.573 e. The highest BCUT2D eigenvalue weighted by Crippen LogP contribution is 2.31. The number of nitrogens with one attached hydrogen (secondary N) is 1. The number of carbonyl (C=O) groups excluding carboxylic acids is 1. The van der Waals surface area contributed by atoms with E-state index in [1.807, 2.05) is 0 Å². The summed E-state index contributed by atoms with van der Waals surface area (Å²) < 4.78 is 40.8. The van der Waals surface area contributed by atoms with Crippen LogP contribution in [0.15, 0.2) is 24.3 Å². The summed E-state index contributed by atoms with van der Waals surface area (Å²) in [7, 11) is 0. The highest BCUT2D eigenvalue weighted by atomic mass is 19.4. The number of piperidine rings is 2. The molecular formula is C23H30F3N3O6. The minimum atomic E-state index is -4.80. The van der Waals surface area contributed by atoms with Crippen LogP contribution in [0.1, 0.15) is 32.1 Å². The molecule has 2 atom stereocenters. The maximum absolute atomic E-state index is 12.8. The summed E-state index contributed by atoms with van der Waals surface area (Å²) in [6, 6.07) is 4.44. The van der Waals surface area contributed by atoms with Gasteiger partial charge in [0.2, 0.25) is 0 Å². The Morgan fingerprint density at radius 1 is 1.00 bits per heavy atom. The number of nitrogens with zero attached hydrogens (tertiary/aromatic N) is 2. The summed E-state index contributed by atoms with van der Waals surface area (Å²) in [6.07, 6.45) is -2.40. The molecule has 2 saturated heterocycles. The van der Waals surface area contributed by atoms with E-state index in [4.69, 9.17) is 5.11 Å². The number of amides is 2. The third-order valence-corrected chi connectivity index (χ3v) is 6.71. The molecule has 12 heteroatoms. The lowest BCUT2D eigenvalue weighted by Gasteiger charge is -2.39. The molecular weight excluding hydrogens is 471 g/mol. The standard InChI is InChI=1S/C23H30F3N3O6/c24-23(25,26)35-19-3-1-18(2-4-19)27-22(34)29-12-8-16(13-20(30)31)17(14-29)7-11-28-9-5-15(6-10-28)21(32)33/h1-4,15-17H,5-14H2,(H,27,34)(H,30,31)(H,32,33)/t16-,17-/m0/s1. The van der Waals surface area contributed by atoms with E-state index in [0.717, 1.165) is 12.1 Å². The Bertz CT molecular complexity index is 887. The van der Waals surface area contributed by atoms with Gasteiger partial charge < -0.3 is 30.1 Å². The van der Waals surface area contributed by atoms with Crippen molar-refractivity contribution in [1.29, 1.82) is 0 Å². The van der Waals surface area contributed by atoms with Crippen LogP contribution < -0.4 is 10.1 Å². The molecule has 1 aromatic rings. The Labute approximate surface area is 200 Å². The molecule has 0 aliphatic carbocycles. The van der Waals surface area contributed by atoms with Crippen molar-refractivity contribution in [1.82, 2.24) is 9.80 Å². The van der Waals surface area contributed by atoms with Crippen LogP contribution in [0.3, 0.4) is 0 Å². The monoisotopic (exact) mass is 501 g/mol. The largest absolute Gasteiger partial charge is 0.573 e. The van der Waals surface area contributed by atoms with Gasteiger partial charge in [0.25, 0.3) is 0 Å². The molecule has 3 N–H and O–H groups in total. The molecule has 2 aliphatic heterocycles. The smallest absolute Gasteiger partial charge is 0.481 e. The molecule has 1 aromatic carbocycles. The van der Waals surface area contributed by atoms with Gasteiger partial charge in [-0.05, 0) is 81.4 Å². The second kappa shape index (κ2) is 11.6. The van der Waals surface area contributed by atoms with Gasteiger partial charge in [0.05, 0.1) is 5.92 Å². The van der Waals surface area contributed by atoms with Crippen molar-refractivity contribution in [2.75, 3.05) is 38.0 Å². The number of carboxylic acid groups (broad SMARTS) is 2. The zero-order valence-corrected chi connectivity index (χ0v) is 19.2. The van der Waals surface area contributed by atoms with Gasteiger partial charge in [-0.2, -0.15) is 0 Å². The van der Waals surface area contributed by atoms with Gasteiger partial charge in [-0.1, -0.05) is 0 Å². The van der Waals surface area contributed by atoms with Gasteiger partial charge in [0.15, 0.2) is 0 Å². The molecule has 3 rings (SSSR count). The fourth-order valence-corrected chi connectivity index (χ4v) is 4.78. The lowest BCUT2D eigenvalue weighted by Crippen LogP contribution is -2.47. The maximum atomic E-state index is 12.8. The van der Waals surface area contributed by atoms with E-state index >= 15 is 0 Å². The molecule has 0 unspecified atom stereocenters. The van der Waals surface area contributed by atoms with E-state index in [0.29, 0.717) is 64.1 Å². The molecule has 9 nitrogen and oxygen atoms in total. The topological polar surface area (TPSA) is 119 Å². The number of aliphatic carboxylic acids is 2. The normalized spacial score (nSPS) is 22.0. The summed E-state index contributed by atoms with van der Waals surface area (Å²) in [5, 5.41) is 21.1. The van der Waals surface area contributed by atoms with Gasteiger partial charge in [-0.25, -0.2) is 4.79 Å².